The summed E-state index contributed by atoms with van der Waals surface area (Å²) in [5.41, 5.74) is 5.04. The first-order valence-electron chi connectivity index (χ1n) is 7.14. The van der Waals surface area contributed by atoms with Crippen LogP contribution in [0.25, 0.3) is 22.2 Å². The Labute approximate surface area is 133 Å². The van der Waals surface area contributed by atoms with E-state index >= 15 is 0 Å². The molecule has 0 bridgehead atoms. The van der Waals surface area contributed by atoms with Crippen molar-refractivity contribution in [3.8, 4) is 11.3 Å². The summed E-state index contributed by atoms with van der Waals surface area (Å²) in [5.74, 6) is -0.800. The van der Waals surface area contributed by atoms with Crippen LogP contribution in [-0.2, 0) is 11.2 Å². The Bertz CT molecular complexity index is 834. The maximum Gasteiger partial charge on any atom is 0.303 e. The van der Waals surface area contributed by atoms with Gasteiger partial charge in [-0.1, -0.05) is 53.6 Å². The number of H-pyrrole nitrogens is 1. The van der Waals surface area contributed by atoms with Crippen molar-refractivity contribution in [2.75, 3.05) is 0 Å². The third kappa shape index (κ3) is 2.72. The van der Waals surface area contributed by atoms with E-state index in [9.17, 15) is 4.79 Å². The predicted octanol–water partition coefficient (Wildman–Crippen LogP) is 4.81. The maximum atomic E-state index is 11.0. The van der Waals surface area contributed by atoms with E-state index in [1.807, 2.05) is 49.4 Å². The molecule has 0 aliphatic carbocycles. The van der Waals surface area contributed by atoms with Gasteiger partial charge in [0.15, 0.2) is 0 Å². The predicted molar refractivity (Wildman–Crippen MR) is 89.4 cm³/mol. The number of para-hydroxylation sites is 1. The van der Waals surface area contributed by atoms with Gasteiger partial charge in [0.05, 0.1) is 10.5 Å². The molecule has 3 rings (SSSR count). The first kappa shape index (κ1) is 14.7. The number of carbonyl (C=O) groups is 1. The van der Waals surface area contributed by atoms with Crippen LogP contribution in [0.2, 0.25) is 5.02 Å². The Morgan fingerprint density at radius 1 is 1.18 bits per heavy atom. The number of hydrogen-bond acceptors (Lipinski definition) is 1. The minimum absolute atomic E-state index is 0.0956. The van der Waals surface area contributed by atoms with Gasteiger partial charge in [-0.05, 0) is 30.5 Å². The first-order chi connectivity index (χ1) is 10.6. The smallest absolute Gasteiger partial charge is 0.303 e. The summed E-state index contributed by atoms with van der Waals surface area (Å²) < 4.78 is 0. The number of fused-ring (bicyclic) bond motifs is 1. The van der Waals surface area contributed by atoms with Crippen LogP contribution in [0.4, 0.5) is 0 Å². The number of rotatable bonds is 4. The van der Waals surface area contributed by atoms with Gasteiger partial charge in [0.2, 0.25) is 0 Å². The summed E-state index contributed by atoms with van der Waals surface area (Å²) >= 11 is 6.27. The van der Waals surface area contributed by atoms with Gasteiger partial charge in [-0.25, -0.2) is 0 Å². The number of aryl methyl sites for hydroxylation is 2. The molecule has 1 heterocycles. The van der Waals surface area contributed by atoms with Crippen molar-refractivity contribution in [2.24, 2.45) is 0 Å². The fraction of sp³-hybridized carbons (Fsp3) is 0.167. The lowest BCUT2D eigenvalue weighted by Crippen LogP contribution is -1.98. The second kappa shape index (κ2) is 5.85. The van der Waals surface area contributed by atoms with Gasteiger partial charge in [0.25, 0.3) is 0 Å². The molecule has 22 heavy (non-hydrogen) atoms. The number of carboxylic acids is 1. The largest absolute Gasteiger partial charge is 0.481 e. The van der Waals surface area contributed by atoms with Crippen LogP contribution in [0.15, 0.2) is 42.5 Å². The summed E-state index contributed by atoms with van der Waals surface area (Å²) in [5, 5.41) is 10.6. The van der Waals surface area contributed by atoms with E-state index in [2.05, 4.69) is 4.98 Å². The molecule has 3 aromatic rings. The topological polar surface area (TPSA) is 53.1 Å². The average molecular weight is 314 g/mol. The third-order valence-electron chi connectivity index (χ3n) is 3.82. The Hall–Kier alpha value is -2.26. The molecule has 0 amide bonds. The number of carboxylic acid groups (broad SMARTS) is 1. The molecule has 4 heteroatoms. The van der Waals surface area contributed by atoms with Crippen LogP contribution in [0, 0.1) is 6.92 Å². The zero-order valence-corrected chi connectivity index (χ0v) is 12.9. The molecule has 0 atom stereocenters. The van der Waals surface area contributed by atoms with Gasteiger partial charge in [-0.2, -0.15) is 0 Å². The van der Waals surface area contributed by atoms with Crippen LogP contribution in [-0.4, -0.2) is 16.1 Å². The summed E-state index contributed by atoms with van der Waals surface area (Å²) in [7, 11) is 0. The Balaban J connectivity index is 2.18. The molecule has 0 saturated carbocycles. The lowest BCUT2D eigenvalue weighted by atomic mass is 10.0. The van der Waals surface area contributed by atoms with Crippen LogP contribution < -0.4 is 0 Å². The van der Waals surface area contributed by atoms with Crippen molar-refractivity contribution in [1.82, 2.24) is 4.98 Å². The number of nitrogens with one attached hydrogen (secondary N) is 1. The van der Waals surface area contributed by atoms with E-state index in [1.54, 1.807) is 0 Å². The minimum Gasteiger partial charge on any atom is -0.481 e. The highest BCUT2D eigenvalue weighted by molar-refractivity contribution is 6.35. The van der Waals surface area contributed by atoms with Crippen LogP contribution in [0.1, 0.15) is 17.5 Å². The second-order valence-corrected chi connectivity index (χ2v) is 5.81. The fourth-order valence-corrected chi connectivity index (χ4v) is 2.92. The highest BCUT2D eigenvalue weighted by Crippen LogP contribution is 2.34. The number of halogens is 1. The van der Waals surface area contributed by atoms with Gasteiger partial charge < -0.3 is 10.1 Å². The lowest BCUT2D eigenvalue weighted by molar-refractivity contribution is -0.136. The minimum atomic E-state index is -0.800. The standard InChI is InChI=1S/C18H16ClNO2/c1-11-5-7-12(8-6-11)17-14(9-10-16(21)22)13-3-2-4-15(19)18(13)20-17/h2-8,20H,9-10H2,1H3,(H,21,22). The van der Waals surface area contributed by atoms with Gasteiger partial charge >= 0.3 is 5.97 Å². The molecule has 3 nitrogen and oxygen atoms in total. The van der Waals surface area contributed by atoms with Crippen molar-refractivity contribution in [2.45, 2.75) is 19.8 Å². The van der Waals surface area contributed by atoms with E-state index in [0.29, 0.717) is 11.4 Å². The Kier molecular flexibility index (Phi) is 3.90. The zero-order valence-electron chi connectivity index (χ0n) is 12.2. The van der Waals surface area contributed by atoms with E-state index in [4.69, 9.17) is 16.7 Å². The first-order valence-corrected chi connectivity index (χ1v) is 7.52. The molecule has 2 aromatic carbocycles. The maximum absolute atomic E-state index is 11.0. The summed E-state index contributed by atoms with van der Waals surface area (Å²) in [6.45, 7) is 2.04. The Morgan fingerprint density at radius 3 is 2.59 bits per heavy atom. The van der Waals surface area contributed by atoms with Gasteiger partial charge in [0.1, 0.15) is 0 Å². The summed E-state index contributed by atoms with van der Waals surface area (Å²) in [6.07, 6.45) is 0.567. The van der Waals surface area contributed by atoms with Crippen molar-refractivity contribution in [3.63, 3.8) is 0 Å². The second-order valence-electron chi connectivity index (χ2n) is 5.40. The molecule has 0 aliphatic heterocycles. The molecular weight excluding hydrogens is 298 g/mol. The molecular formula is C18H16ClNO2. The van der Waals surface area contributed by atoms with Crippen molar-refractivity contribution in [3.05, 3.63) is 58.6 Å². The SMILES string of the molecule is Cc1ccc(-c2[nH]c3c(Cl)cccc3c2CCC(=O)O)cc1. The van der Waals surface area contributed by atoms with Gasteiger partial charge in [0, 0.05) is 17.5 Å². The lowest BCUT2D eigenvalue weighted by Gasteiger charge is -2.04. The molecule has 0 aliphatic rings. The molecule has 0 spiro atoms. The third-order valence-corrected chi connectivity index (χ3v) is 4.13. The van der Waals surface area contributed by atoms with E-state index in [0.717, 1.165) is 27.7 Å². The molecule has 0 fully saturated rings. The highest BCUT2D eigenvalue weighted by atomic mass is 35.5. The normalized spacial score (nSPS) is 11.0. The summed E-state index contributed by atoms with van der Waals surface area (Å²) in [4.78, 5) is 14.3. The van der Waals surface area contributed by atoms with Crippen LogP contribution in [0.5, 0.6) is 0 Å². The monoisotopic (exact) mass is 313 g/mol. The Morgan fingerprint density at radius 2 is 1.91 bits per heavy atom. The van der Waals surface area contributed by atoms with E-state index in [-0.39, 0.29) is 6.42 Å². The molecule has 1 aromatic heterocycles. The fourth-order valence-electron chi connectivity index (χ4n) is 2.70. The quantitative estimate of drug-likeness (QED) is 0.726. The number of aromatic nitrogens is 1. The zero-order chi connectivity index (χ0) is 15.7. The number of hydrogen-bond donors (Lipinski definition) is 2. The molecule has 0 radical (unpaired) electrons. The number of aliphatic carboxylic acids is 1. The number of aromatic amines is 1. The molecule has 112 valence electrons. The average Bonchev–Trinajstić information content (AvgIpc) is 2.86. The van der Waals surface area contributed by atoms with Crippen LogP contribution in [0.3, 0.4) is 0 Å². The van der Waals surface area contributed by atoms with E-state index < -0.39 is 5.97 Å². The van der Waals surface area contributed by atoms with E-state index in [1.165, 1.54) is 5.56 Å². The number of benzene rings is 2. The van der Waals surface area contributed by atoms with Gasteiger partial charge in [-0.3, -0.25) is 4.79 Å². The van der Waals surface area contributed by atoms with Gasteiger partial charge in [-0.15, -0.1) is 0 Å². The van der Waals surface area contributed by atoms with Crippen molar-refractivity contribution >= 4 is 28.5 Å². The highest BCUT2D eigenvalue weighted by Gasteiger charge is 2.15. The molecule has 2 N–H and O–H groups in total. The summed E-state index contributed by atoms with van der Waals surface area (Å²) in [6, 6.07) is 13.9. The van der Waals surface area contributed by atoms with Crippen molar-refractivity contribution in [1.29, 1.82) is 0 Å². The molecule has 0 saturated heterocycles. The molecule has 0 unspecified atom stereocenters. The van der Waals surface area contributed by atoms with Crippen LogP contribution >= 0.6 is 11.6 Å². The van der Waals surface area contributed by atoms with Crippen molar-refractivity contribution < 1.29 is 9.90 Å².